The predicted molar refractivity (Wildman–Crippen MR) is 75.3 cm³/mol. The van der Waals surface area contributed by atoms with Crippen molar-refractivity contribution >= 4 is 23.2 Å². The van der Waals surface area contributed by atoms with Crippen LogP contribution in [-0.4, -0.2) is 6.04 Å². The van der Waals surface area contributed by atoms with E-state index in [1.54, 1.807) is 0 Å². The van der Waals surface area contributed by atoms with Crippen molar-refractivity contribution < 1.29 is 0 Å². The lowest BCUT2D eigenvalue weighted by atomic mass is 9.86. The molecule has 0 spiro atoms. The van der Waals surface area contributed by atoms with Gasteiger partial charge < -0.3 is 0 Å². The molecular formula is C13H20Cl2N2. The SMILES string of the molecule is CC(C)(C)CC(Cc1ccc(Cl)c(Cl)c1)NN. The van der Waals surface area contributed by atoms with E-state index >= 15 is 0 Å². The Bertz CT molecular complexity index is 372. The van der Waals surface area contributed by atoms with Crippen LogP contribution < -0.4 is 11.3 Å². The second kappa shape index (κ2) is 6.05. The van der Waals surface area contributed by atoms with Crippen LogP contribution in [0.25, 0.3) is 0 Å². The Hall–Kier alpha value is -0.280. The lowest BCUT2D eigenvalue weighted by Gasteiger charge is -2.25. The first-order valence-electron chi connectivity index (χ1n) is 5.72. The molecule has 0 fully saturated rings. The summed E-state index contributed by atoms with van der Waals surface area (Å²) in [6.45, 7) is 6.60. The van der Waals surface area contributed by atoms with Gasteiger partial charge in [-0.3, -0.25) is 11.3 Å². The molecule has 0 radical (unpaired) electrons. The van der Waals surface area contributed by atoms with Gasteiger partial charge in [-0.25, -0.2) is 0 Å². The van der Waals surface area contributed by atoms with Crippen LogP contribution >= 0.6 is 23.2 Å². The molecular weight excluding hydrogens is 255 g/mol. The van der Waals surface area contributed by atoms with Crippen LogP contribution in [0.3, 0.4) is 0 Å². The number of nitrogens with one attached hydrogen (secondary N) is 1. The molecule has 1 aromatic carbocycles. The molecule has 2 nitrogen and oxygen atoms in total. The van der Waals surface area contributed by atoms with Gasteiger partial charge in [0.15, 0.2) is 0 Å². The highest BCUT2D eigenvalue weighted by Gasteiger charge is 2.18. The fraction of sp³-hybridized carbons (Fsp3) is 0.538. The monoisotopic (exact) mass is 274 g/mol. The van der Waals surface area contributed by atoms with E-state index in [9.17, 15) is 0 Å². The topological polar surface area (TPSA) is 38.0 Å². The normalized spacial score (nSPS) is 13.8. The Kier molecular flexibility index (Phi) is 5.26. The van der Waals surface area contributed by atoms with E-state index in [0.29, 0.717) is 10.0 Å². The summed E-state index contributed by atoms with van der Waals surface area (Å²) in [6, 6.07) is 5.95. The fourth-order valence-electron chi connectivity index (χ4n) is 1.88. The number of hydrogen-bond donors (Lipinski definition) is 2. The van der Waals surface area contributed by atoms with E-state index in [1.165, 1.54) is 0 Å². The average molecular weight is 275 g/mol. The molecule has 0 amide bonds. The Morgan fingerprint density at radius 3 is 2.35 bits per heavy atom. The zero-order valence-electron chi connectivity index (χ0n) is 10.6. The highest BCUT2D eigenvalue weighted by Crippen LogP contribution is 2.25. The minimum absolute atomic E-state index is 0.243. The molecule has 1 rings (SSSR count). The van der Waals surface area contributed by atoms with Gasteiger partial charge >= 0.3 is 0 Å². The van der Waals surface area contributed by atoms with Gasteiger partial charge in [0, 0.05) is 6.04 Å². The standard InChI is InChI=1S/C13H20Cl2N2/c1-13(2,3)8-10(17-16)6-9-4-5-11(14)12(15)7-9/h4-5,7,10,17H,6,8,16H2,1-3H3. The second-order valence-corrected chi connectivity index (χ2v) is 6.40. The van der Waals surface area contributed by atoms with Gasteiger partial charge in [-0.1, -0.05) is 50.0 Å². The van der Waals surface area contributed by atoms with Gasteiger partial charge in [-0.15, -0.1) is 0 Å². The highest BCUT2D eigenvalue weighted by molar-refractivity contribution is 6.42. The summed E-state index contributed by atoms with van der Waals surface area (Å²) in [5, 5.41) is 1.18. The summed E-state index contributed by atoms with van der Waals surface area (Å²) in [5.74, 6) is 5.59. The number of hydrazine groups is 1. The van der Waals surface area contributed by atoms with Gasteiger partial charge in [0.05, 0.1) is 10.0 Å². The fourth-order valence-corrected chi connectivity index (χ4v) is 2.20. The molecule has 0 saturated carbocycles. The smallest absolute Gasteiger partial charge is 0.0595 e. The Morgan fingerprint density at radius 1 is 1.24 bits per heavy atom. The van der Waals surface area contributed by atoms with Crippen molar-refractivity contribution in [3.05, 3.63) is 33.8 Å². The number of hydrogen-bond acceptors (Lipinski definition) is 2. The van der Waals surface area contributed by atoms with Crippen molar-refractivity contribution in [1.82, 2.24) is 5.43 Å². The van der Waals surface area contributed by atoms with E-state index in [2.05, 4.69) is 26.2 Å². The molecule has 0 bridgehead atoms. The Labute approximate surface area is 113 Å². The zero-order chi connectivity index (χ0) is 13.1. The zero-order valence-corrected chi connectivity index (χ0v) is 12.1. The maximum Gasteiger partial charge on any atom is 0.0595 e. The first-order valence-corrected chi connectivity index (χ1v) is 6.47. The molecule has 0 aliphatic heterocycles. The van der Waals surface area contributed by atoms with Crippen molar-refractivity contribution in [2.24, 2.45) is 11.3 Å². The first-order chi connectivity index (χ1) is 7.81. The number of rotatable bonds is 4. The second-order valence-electron chi connectivity index (χ2n) is 5.58. The molecule has 96 valence electrons. The van der Waals surface area contributed by atoms with Gasteiger partial charge in [0.2, 0.25) is 0 Å². The van der Waals surface area contributed by atoms with Crippen molar-refractivity contribution in [3.8, 4) is 0 Å². The first kappa shape index (κ1) is 14.8. The quantitative estimate of drug-likeness (QED) is 0.648. The predicted octanol–water partition coefficient (Wildman–Crippen LogP) is 3.80. The minimum Gasteiger partial charge on any atom is -0.271 e. The van der Waals surface area contributed by atoms with Crippen LogP contribution in [0.2, 0.25) is 10.0 Å². The van der Waals surface area contributed by atoms with Crippen LogP contribution in [0.15, 0.2) is 18.2 Å². The van der Waals surface area contributed by atoms with E-state index in [4.69, 9.17) is 29.0 Å². The number of nitrogens with two attached hydrogens (primary N) is 1. The molecule has 0 aliphatic rings. The summed E-state index contributed by atoms with van der Waals surface area (Å²) in [7, 11) is 0. The van der Waals surface area contributed by atoms with Crippen LogP contribution in [0.1, 0.15) is 32.8 Å². The van der Waals surface area contributed by atoms with Crippen molar-refractivity contribution in [2.45, 2.75) is 39.7 Å². The van der Waals surface area contributed by atoms with Gasteiger partial charge in [0.1, 0.15) is 0 Å². The third-order valence-electron chi connectivity index (χ3n) is 2.56. The van der Waals surface area contributed by atoms with Crippen LogP contribution in [0.4, 0.5) is 0 Å². The van der Waals surface area contributed by atoms with Crippen molar-refractivity contribution in [2.75, 3.05) is 0 Å². The number of benzene rings is 1. The third kappa shape index (κ3) is 5.26. The maximum absolute atomic E-state index is 5.99. The minimum atomic E-state index is 0.243. The van der Waals surface area contributed by atoms with Crippen LogP contribution in [-0.2, 0) is 6.42 Å². The molecule has 0 aromatic heterocycles. The van der Waals surface area contributed by atoms with Gasteiger partial charge in [0.25, 0.3) is 0 Å². The average Bonchev–Trinajstić information content (AvgIpc) is 2.20. The van der Waals surface area contributed by atoms with E-state index in [-0.39, 0.29) is 11.5 Å². The van der Waals surface area contributed by atoms with E-state index in [0.717, 1.165) is 18.4 Å². The van der Waals surface area contributed by atoms with Gasteiger partial charge in [-0.2, -0.15) is 0 Å². The molecule has 0 heterocycles. The Morgan fingerprint density at radius 2 is 1.88 bits per heavy atom. The van der Waals surface area contributed by atoms with Gasteiger partial charge in [-0.05, 0) is 36.0 Å². The van der Waals surface area contributed by atoms with Crippen LogP contribution in [0, 0.1) is 5.41 Å². The molecule has 0 saturated heterocycles. The van der Waals surface area contributed by atoms with Crippen LogP contribution in [0.5, 0.6) is 0 Å². The summed E-state index contributed by atoms with van der Waals surface area (Å²) < 4.78 is 0. The van der Waals surface area contributed by atoms with E-state index < -0.39 is 0 Å². The largest absolute Gasteiger partial charge is 0.271 e. The summed E-state index contributed by atoms with van der Waals surface area (Å²) in [4.78, 5) is 0. The highest BCUT2D eigenvalue weighted by atomic mass is 35.5. The maximum atomic E-state index is 5.99. The lowest BCUT2D eigenvalue weighted by Crippen LogP contribution is -2.39. The molecule has 1 aromatic rings. The third-order valence-corrected chi connectivity index (χ3v) is 3.30. The Balaban J connectivity index is 2.70. The molecule has 1 atom stereocenters. The molecule has 0 aliphatic carbocycles. The van der Waals surface area contributed by atoms with E-state index in [1.807, 2.05) is 18.2 Å². The molecule has 17 heavy (non-hydrogen) atoms. The molecule has 3 N–H and O–H groups in total. The molecule has 4 heteroatoms. The summed E-state index contributed by atoms with van der Waals surface area (Å²) in [5.41, 5.74) is 4.25. The summed E-state index contributed by atoms with van der Waals surface area (Å²) in [6.07, 6.45) is 1.86. The molecule has 1 unspecified atom stereocenters. The number of halogens is 2. The summed E-state index contributed by atoms with van der Waals surface area (Å²) >= 11 is 11.9. The van der Waals surface area contributed by atoms with Crippen molar-refractivity contribution in [3.63, 3.8) is 0 Å². The van der Waals surface area contributed by atoms with Crippen molar-refractivity contribution in [1.29, 1.82) is 0 Å². The lowest BCUT2D eigenvalue weighted by molar-refractivity contribution is 0.308.